The van der Waals surface area contributed by atoms with Gasteiger partial charge in [0.1, 0.15) is 5.60 Å². The maximum atomic E-state index is 11.1. The Morgan fingerprint density at radius 3 is 2.28 bits per heavy atom. The lowest BCUT2D eigenvalue weighted by Gasteiger charge is -2.40. The molecule has 4 fully saturated rings. The summed E-state index contributed by atoms with van der Waals surface area (Å²) in [6.07, 6.45) is 7.66. The molecular formula is C19H26N2O4. The maximum absolute atomic E-state index is 11.1. The molecule has 0 aromatic carbocycles. The molecule has 3 saturated heterocycles. The first-order valence-corrected chi connectivity index (χ1v) is 9.52. The van der Waals surface area contributed by atoms with Crippen LogP contribution in [0.1, 0.15) is 44.2 Å². The van der Waals surface area contributed by atoms with Gasteiger partial charge < -0.3 is 24.2 Å². The van der Waals surface area contributed by atoms with Crippen LogP contribution in [0.4, 0.5) is 5.69 Å². The van der Waals surface area contributed by atoms with Gasteiger partial charge in [0.2, 0.25) is 0 Å². The third-order valence-corrected chi connectivity index (χ3v) is 6.29. The van der Waals surface area contributed by atoms with Crippen LogP contribution >= 0.6 is 0 Å². The molecule has 4 aliphatic rings. The van der Waals surface area contributed by atoms with E-state index >= 15 is 0 Å². The van der Waals surface area contributed by atoms with Crippen molar-refractivity contribution in [2.45, 2.75) is 62.1 Å². The van der Waals surface area contributed by atoms with Crippen LogP contribution in [0.2, 0.25) is 0 Å². The molecule has 1 aliphatic carbocycles. The van der Waals surface area contributed by atoms with Crippen LogP contribution < -0.4 is 4.90 Å². The monoisotopic (exact) mass is 346 g/mol. The molecule has 6 heteroatoms. The van der Waals surface area contributed by atoms with Crippen LogP contribution in [0.25, 0.3) is 0 Å². The molecule has 1 aromatic rings. The van der Waals surface area contributed by atoms with Gasteiger partial charge in [-0.2, -0.15) is 0 Å². The Balaban J connectivity index is 1.28. The molecule has 136 valence electrons. The van der Waals surface area contributed by atoms with E-state index in [4.69, 9.17) is 14.2 Å². The van der Waals surface area contributed by atoms with Gasteiger partial charge in [-0.1, -0.05) is 0 Å². The molecule has 25 heavy (non-hydrogen) atoms. The number of fused-ring (bicyclic) bond motifs is 2. The van der Waals surface area contributed by atoms with Crippen molar-refractivity contribution in [2.24, 2.45) is 0 Å². The summed E-state index contributed by atoms with van der Waals surface area (Å²) in [5, 5.41) is 11.1. The molecule has 0 radical (unpaired) electrons. The van der Waals surface area contributed by atoms with Crippen molar-refractivity contribution in [3.63, 3.8) is 0 Å². The van der Waals surface area contributed by atoms with Gasteiger partial charge in [0.05, 0.1) is 43.0 Å². The zero-order valence-corrected chi connectivity index (χ0v) is 14.5. The van der Waals surface area contributed by atoms with Crippen LogP contribution in [0, 0.1) is 0 Å². The summed E-state index contributed by atoms with van der Waals surface area (Å²) in [6, 6.07) is 4.08. The highest BCUT2D eigenvalue weighted by molar-refractivity contribution is 5.46. The van der Waals surface area contributed by atoms with Gasteiger partial charge >= 0.3 is 0 Å². The molecule has 0 amide bonds. The van der Waals surface area contributed by atoms with Gasteiger partial charge in [0, 0.05) is 25.9 Å². The number of morpholine rings is 1. The smallest absolute Gasteiger partial charge is 0.168 e. The van der Waals surface area contributed by atoms with E-state index in [1.54, 1.807) is 0 Å². The van der Waals surface area contributed by atoms with Gasteiger partial charge in [-0.3, -0.25) is 4.98 Å². The maximum Gasteiger partial charge on any atom is 0.168 e. The molecule has 1 N–H and O–H groups in total. The zero-order valence-electron chi connectivity index (χ0n) is 14.5. The summed E-state index contributed by atoms with van der Waals surface area (Å²) < 4.78 is 17.4. The first-order valence-electron chi connectivity index (χ1n) is 9.52. The molecule has 3 aliphatic heterocycles. The van der Waals surface area contributed by atoms with E-state index in [0.717, 1.165) is 37.3 Å². The molecule has 2 atom stereocenters. The van der Waals surface area contributed by atoms with Crippen LogP contribution in [-0.4, -0.2) is 54.4 Å². The molecule has 2 unspecified atom stereocenters. The standard InChI is InChI=1S/C19H26N2O4/c22-18(5-7-19(8-6-18)23-9-10-24-19)17-4-1-14(11-20-17)21-12-15-2-3-16(13-21)25-15/h1,4,11,15-16,22H,2-3,5-10,12-13H2. The molecule has 5 rings (SSSR count). The first-order chi connectivity index (χ1) is 12.1. The van der Waals surface area contributed by atoms with Crippen LogP contribution in [0.15, 0.2) is 18.3 Å². The first kappa shape index (κ1) is 16.0. The Bertz CT molecular complexity index is 607. The Kier molecular flexibility index (Phi) is 3.78. The lowest BCUT2D eigenvalue weighted by atomic mass is 9.79. The van der Waals surface area contributed by atoms with Crippen molar-refractivity contribution in [3.8, 4) is 0 Å². The number of ether oxygens (including phenoxy) is 3. The van der Waals surface area contributed by atoms with E-state index in [1.165, 1.54) is 12.8 Å². The summed E-state index contributed by atoms with van der Waals surface area (Å²) in [5.74, 6) is -0.459. The van der Waals surface area contributed by atoms with Crippen molar-refractivity contribution in [3.05, 3.63) is 24.0 Å². The highest BCUT2D eigenvalue weighted by Crippen LogP contribution is 2.44. The van der Waals surface area contributed by atoms with Crippen molar-refractivity contribution >= 4 is 5.69 Å². The van der Waals surface area contributed by atoms with Gasteiger partial charge in [-0.05, 0) is 37.8 Å². The SMILES string of the molecule is OC1(c2ccc(N3CC4CCC(C3)O4)cn2)CCC2(CC1)OCCO2. The molecule has 1 saturated carbocycles. The predicted molar refractivity (Wildman–Crippen MR) is 91.3 cm³/mol. The number of pyridine rings is 1. The summed E-state index contributed by atoms with van der Waals surface area (Å²) >= 11 is 0. The van der Waals surface area contributed by atoms with E-state index in [-0.39, 0.29) is 0 Å². The molecule has 6 nitrogen and oxygen atoms in total. The predicted octanol–water partition coefficient (Wildman–Crippen LogP) is 1.95. The van der Waals surface area contributed by atoms with E-state index in [9.17, 15) is 5.11 Å². The van der Waals surface area contributed by atoms with Gasteiger partial charge in [-0.15, -0.1) is 0 Å². The third-order valence-electron chi connectivity index (χ3n) is 6.29. The van der Waals surface area contributed by atoms with Gasteiger partial charge in [0.15, 0.2) is 5.79 Å². The fourth-order valence-corrected chi connectivity index (χ4v) is 4.76. The van der Waals surface area contributed by atoms with Crippen molar-refractivity contribution < 1.29 is 19.3 Å². The average Bonchev–Trinajstić information content (AvgIpc) is 3.24. The summed E-state index contributed by atoms with van der Waals surface area (Å²) in [7, 11) is 0. The summed E-state index contributed by atoms with van der Waals surface area (Å²) in [5.41, 5.74) is 1.02. The minimum Gasteiger partial charge on any atom is -0.384 e. The van der Waals surface area contributed by atoms with Gasteiger partial charge in [-0.25, -0.2) is 0 Å². The highest BCUT2D eigenvalue weighted by atomic mass is 16.7. The lowest BCUT2D eigenvalue weighted by Crippen LogP contribution is -2.43. The van der Waals surface area contributed by atoms with Crippen molar-refractivity contribution in [1.29, 1.82) is 0 Å². The van der Waals surface area contributed by atoms with E-state index < -0.39 is 11.4 Å². The Morgan fingerprint density at radius 1 is 1.00 bits per heavy atom. The molecule has 1 spiro atoms. The number of rotatable bonds is 2. The van der Waals surface area contributed by atoms with Crippen LogP contribution in [0.3, 0.4) is 0 Å². The van der Waals surface area contributed by atoms with E-state index in [0.29, 0.717) is 38.3 Å². The lowest BCUT2D eigenvalue weighted by molar-refractivity contribution is -0.204. The fraction of sp³-hybridized carbons (Fsp3) is 0.737. The molecular weight excluding hydrogens is 320 g/mol. The average molecular weight is 346 g/mol. The Labute approximate surface area is 148 Å². The van der Waals surface area contributed by atoms with Crippen molar-refractivity contribution in [1.82, 2.24) is 4.98 Å². The Hall–Kier alpha value is -1.21. The second kappa shape index (κ2) is 5.91. The minimum absolute atomic E-state index is 0.364. The largest absolute Gasteiger partial charge is 0.384 e. The number of hydrogen-bond acceptors (Lipinski definition) is 6. The minimum atomic E-state index is -0.872. The number of anilines is 1. The number of aromatic nitrogens is 1. The van der Waals surface area contributed by atoms with E-state index in [1.807, 2.05) is 12.3 Å². The molecule has 4 heterocycles. The Morgan fingerprint density at radius 2 is 1.68 bits per heavy atom. The topological polar surface area (TPSA) is 64.1 Å². The number of nitrogens with zero attached hydrogens (tertiary/aromatic N) is 2. The van der Waals surface area contributed by atoms with Crippen molar-refractivity contribution in [2.75, 3.05) is 31.2 Å². The number of hydrogen-bond donors (Lipinski definition) is 1. The quantitative estimate of drug-likeness (QED) is 0.883. The molecule has 1 aromatic heterocycles. The van der Waals surface area contributed by atoms with E-state index in [2.05, 4.69) is 16.0 Å². The highest BCUT2D eigenvalue weighted by Gasteiger charge is 2.46. The summed E-state index contributed by atoms with van der Waals surface area (Å²) in [4.78, 5) is 6.98. The third kappa shape index (κ3) is 2.85. The molecule has 2 bridgehead atoms. The zero-order chi connectivity index (χ0) is 16.9. The number of aliphatic hydroxyl groups is 1. The van der Waals surface area contributed by atoms with Gasteiger partial charge in [0.25, 0.3) is 0 Å². The second-order valence-electron chi connectivity index (χ2n) is 7.90. The van der Waals surface area contributed by atoms with Crippen LogP contribution in [-0.2, 0) is 19.8 Å². The summed E-state index contributed by atoms with van der Waals surface area (Å²) in [6.45, 7) is 3.21. The second-order valence-corrected chi connectivity index (χ2v) is 7.90. The normalized spacial score (nSPS) is 33.1. The fourth-order valence-electron chi connectivity index (χ4n) is 4.76. The van der Waals surface area contributed by atoms with Crippen LogP contribution in [0.5, 0.6) is 0 Å².